The molecule has 0 amide bonds. The largest absolute Gasteiger partial charge is 0.492 e. The first-order valence-corrected chi connectivity index (χ1v) is 6.34. The molecular weight excluding hydrogens is 226 g/mol. The van der Waals surface area contributed by atoms with E-state index in [0.29, 0.717) is 18.8 Å². The van der Waals surface area contributed by atoms with Gasteiger partial charge in [-0.2, -0.15) is 5.10 Å². The van der Waals surface area contributed by atoms with Crippen LogP contribution in [0, 0.1) is 0 Å². The SMILES string of the molecule is Nc1cnn(CCOc2ccc3c(c2)CCC3)c1. The van der Waals surface area contributed by atoms with Gasteiger partial charge in [-0.1, -0.05) is 6.07 Å². The van der Waals surface area contributed by atoms with Crippen molar-refractivity contribution in [3.8, 4) is 5.75 Å². The maximum Gasteiger partial charge on any atom is 0.119 e. The summed E-state index contributed by atoms with van der Waals surface area (Å²) in [6, 6.07) is 6.41. The van der Waals surface area contributed by atoms with Crippen LogP contribution in [0.25, 0.3) is 0 Å². The predicted molar refractivity (Wildman–Crippen MR) is 70.6 cm³/mol. The number of fused-ring (bicyclic) bond motifs is 1. The third kappa shape index (κ3) is 2.32. The Kier molecular flexibility index (Phi) is 2.92. The lowest BCUT2D eigenvalue weighted by atomic mass is 10.1. The van der Waals surface area contributed by atoms with Gasteiger partial charge in [0.2, 0.25) is 0 Å². The van der Waals surface area contributed by atoms with Crippen LogP contribution in [0.4, 0.5) is 5.69 Å². The Hall–Kier alpha value is -1.97. The molecule has 4 heteroatoms. The molecule has 0 atom stereocenters. The van der Waals surface area contributed by atoms with E-state index in [2.05, 4.69) is 23.3 Å². The highest BCUT2D eigenvalue weighted by Gasteiger charge is 2.10. The van der Waals surface area contributed by atoms with E-state index in [1.165, 1.54) is 30.4 Å². The van der Waals surface area contributed by atoms with Crippen LogP contribution in [0.15, 0.2) is 30.6 Å². The molecule has 0 saturated heterocycles. The van der Waals surface area contributed by atoms with Gasteiger partial charge >= 0.3 is 0 Å². The number of hydrogen-bond donors (Lipinski definition) is 1. The van der Waals surface area contributed by atoms with Gasteiger partial charge < -0.3 is 10.5 Å². The zero-order valence-corrected chi connectivity index (χ0v) is 10.3. The summed E-state index contributed by atoms with van der Waals surface area (Å²) >= 11 is 0. The molecule has 18 heavy (non-hydrogen) atoms. The summed E-state index contributed by atoms with van der Waals surface area (Å²) in [7, 11) is 0. The van der Waals surface area contributed by atoms with Crippen LogP contribution in [0.1, 0.15) is 17.5 Å². The third-order valence-electron chi connectivity index (χ3n) is 3.31. The Labute approximate surface area is 106 Å². The molecule has 1 aliphatic rings. The topological polar surface area (TPSA) is 53.1 Å². The molecule has 3 rings (SSSR count). The first-order chi connectivity index (χ1) is 8.81. The van der Waals surface area contributed by atoms with E-state index in [4.69, 9.17) is 10.5 Å². The molecule has 1 heterocycles. The number of benzene rings is 1. The standard InChI is InChI=1S/C14H17N3O/c15-13-9-16-17(10-13)6-7-18-14-5-4-11-2-1-3-12(11)8-14/h4-5,8-10H,1-3,6-7,15H2. The Morgan fingerprint density at radius 2 is 2.17 bits per heavy atom. The molecule has 1 aromatic carbocycles. The Balaban J connectivity index is 1.57. The minimum absolute atomic E-state index is 0.611. The minimum Gasteiger partial charge on any atom is -0.492 e. The molecule has 0 radical (unpaired) electrons. The molecule has 0 spiro atoms. The quantitative estimate of drug-likeness (QED) is 0.894. The van der Waals surface area contributed by atoms with Gasteiger partial charge in [-0.05, 0) is 42.5 Å². The van der Waals surface area contributed by atoms with Gasteiger partial charge in [0, 0.05) is 6.20 Å². The van der Waals surface area contributed by atoms with Crippen molar-refractivity contribution in [3.05, 3.63) is 41.7 Å². The molecule has 0 fully saturated rings. The highest BCUT2D eigenvalue weighted by atomic mass is 16.5. The summed E-state index contributed by atoms with van der Waals surface area (Å²) in [6.45, 7) is 1.33. The van der Waals surface area contributed by atoms with Crippen LogP contribution in [0.2, 0.25) is 0 Å². The highest BCUT2D eigenvalue weighted by molar-refractivity contribution is 5.38. The van der Waals surface area contributed by atoms with Crippen LogP contribution in [-0.2, 0) is 19.4 Å². The molecule has 2 aromatic rings. The first kappa shape index (κ1) is 11.1. The molecule has 2 N–H and O–H groups in total. The van der Waals surface area contributed by atoms with Gasteiger partial charge in [0.25, 0.3) is 0 Å². The zero-order valence-electron chi connectivity index (χ0n) is 10.3. The number of nitrogens with zero attached hydrogens (tertiary/aromatic N) is 2. The van der Waals surface area contributed by atoms with Gasteiger partial charge in [-0.15, -0.1) is 0 Å². The molecule has 94 valence electrons. The van der Waals surface area contributed by atoms with Gasteiger partial charge in [0.05, 0.1) is 18.4 Å². The van der Waals surface area contributed by atoms with Crippen molar-refractivity contribution in [2.75, 3.05) is 12.3 Å². The van der Waals surface area contributed by atoms with Gasteiger partial charge in [-0.3, -0.25) is 4.68 Å². The fourth-order valence-electron chi connectivity index (χ4n) is 2.40. The van der Waals surface area contributed by atoms with Crippen LogP contribution in [0.5, 0.6) is 5.75 Å². The number of ether oxygens (including phenoxy) is 1. The summed E-state index contributed by atoms with van der Waals surface area (Å²) in [4.78, 5) is 0. The second kappa shape index (κ2) is 4.72. The van der Waals surface area contributed by atoms with Gasteiger partial charge in [-0.25, -0.2) is 0 Å². The van der Waals surface area contributed by atoms with Crippen molar-refractivity contribution in [1.82, 2.24) is 9.78 Å². The predicted octanol–water partition coefficient (Wildman–Crippen LogP) is 2.03. The lowest BCUT2D eigenvalue weighted by Crippen LogP contribution is -2.08. The van der Waals surface area contributed by atoms with E-state index in [0.717, 1.165) is 5.75 Å². The molecule has 4 nitrogen and oxygen atoms in total. The summed E-state index contributed by atoms with van der Waals surface area (Å²) in [5.74, 6) is 0.954. The Morgan fingerprint density at radius 3 is 3.00 bits per heavy atom. The lowest BCUT2D eigenvalue weighted by Gasteiger charge is -2.08. The van der Waals surface area contributed by atoms with Crippen molar-refractivity contribution < 1.29 is 4.74 Å². The van der Waals surface area contributed by atoms with Gasteiger partial charge in [0.15, 0.2) is 0 Å². The fourth-order valence-corrected chi connectivity index (χ4v) is 2.40. The summed E-state index contributed by atoms with van der Waals surface area (Å²) in [6.07, 6.45) is 7.12. The minimum atomic E-state index is 0.611. The smallest absolute Gasteiger partial charge is 0.119 e. The van der Waals surface area contributed by atoms with Crippen molar-refractivity contribution in [2.24, 2.45) is 0 Å². The van der Waals surface area contributed by atoms with Crippen molar-refractivity contribution in [2.45, 2.75) is 25.8 Å². The molecule has 0 aliphatic heterocycles. The van der Waals surface area contributed by atoms with E-state index in [9.17, 15) is 0 Å². The number of nitrogens with two attached hydrogens (primary N) is 1. The maximum atomic E-state index is 5.74. The Bertz CT molecular complexity index is 548. The summed E-state index contributed by atoms with van der Waals surface area (Å²) < 4.78 is 7.54. The van der Waals surface area contributed by atoms with Crippen LogP contribution in [0.3, 0.4) is 0 Å². The van der Waals surface area contributed by atoms with Crippen LogP contribution in [-0.4, -0.2) is 16.4 Å². The number of aryl methyl sites for hydroxylation is 2. The molecule has 0 unspecified atom stereocenters. The second-order valence-corrected chi connectivity index (χ2v) is 4.67. The molecule has 0 saturated carbocycles. The Morgan fingerprint density at radius 1 is 1.28 bits per heavy atom. The van der Waals surface area contributed by atoms with E-state index in [1.807, 2.05) is 6.20 Å². The monoisotopic (exact) mass is 243 g/mol. The third-order valence-corrected chi connectivity index (χ3v) is 3.31. The maximum absolute atomic E-state index is 5.74. The molecule has 0 bridgehead atoms. The van der Waals surface area contributed by atoms with E-state index in [-0.39, 0.29) is 0 Å². The highest BCUT2D eigenvalue weighted by Crippen LogP contribution is 2.25. The van der Waals surface area contributed by atoms with Gasteiger partial charge in [0.1, 0.15) is 12.4 Å². The molecule has 1 aliphatic carbocycles. The number of anilines is 1. The van der Waals surface area contributed by atoms with Crippen molar-refractivity contribution in [3.63, 3.8) is 0 Å². The van der Waals surface area contributed by atoms with E-state index in [1.54, 1.807) is 10.9 Å². The molecular formula is C14H17N3O. The number of hydrogen-bond acceptors (Lipinski definition) is 3. The summed E-state index contributed by atoms with van der Waals surface area (Å²) in [5, 5.41) is 4.12. The lowest BCUT2D eigenvalue weighted by molar-refractivity contribution is 0.291. The fraction of sp³-hybridized carbons (Fsp3) is 0.357. The van der Waals surface area contributed by atoms with E-state index >= 15 is 0 Å². The second-order valence-electron chi connectivity index (χ2n) is 4.67. The summed E-state index contributed by atoms with van der Waals surface area (Å²) in [5.41, 5.74) is 9.20. The zero-order chi connectivity index (χ0) is 12.4. The van der Waals surface area contributed by atoms with Crippen molar-refractivity contribution >= 4 is 5.69 Å². The number of nitrogen functional groups attached to an aromatic ring is 1. The van der Waals surface area contributed by atoms with Crippen molar-refractivity contribution in [1.29, 1.82) is 0 Å². The van der Waals surface area contributed by atoms with Crippen LogP contribution >= 0.6 is 0 Å². The van der Waals surface area contributed by atoms with Crippen LogP contribution < -0.4 is 10.5 Å². The first-order valence-electron chi connectivity index (χ1n) is 6.34. The van der Waals surface area contributed by atoms with E-state index < -0.39 is 0 Å². The normalized spacial score (nSPS) is 13.6. The average Bonchev–Trinajstić information content (AvgIpc) is 2.97. The number of aromatic nitrogens is 2. The average molecular weight is 243 g/mol. The molecule has 1 aromatic heterocycles. The number of rotatable bonds is 4.